The Morgan fingerprint density at radius 1 is 1.17 bits per heavy atom. The average molecular weight is 329 g/mol. The molecule has 118 valence electrons. The Morgan fingerprint density at radius 3 is 2.52 bits per heavy atom. The summed E-state index contributed by atoms with van der Waals surface area (Å²) in [5.41, 5.74) is 3.87. The Hall–Kier alpha value is -2.33. The normalized spacial score (nSPS) is 12.5. The molecule has 1 aromatic heterocycles. The molecular weight excluding hydrogens is 312 g/mol. The van der Waals surface area contributed by atoms with Crippen molar-refractivity contribution >= 4 is 22.5 Å². The highest BCUT2D eigenvalue weighted by Gasteiger charge is 2.27. The van der Waals surface area contributed by atoms with Gasteiger partial charge in [0.25, 0.3) is 0 Å². The van der Waals surface area contributed by atoms with Gasteiger partial charge in [0.05, 0.1) is 5.92 Å². The number of benzene rings is 2. The first-order valence-corrected chi connectivity index (χ1v) is 7.78. The second kappa shape index (κ2) is 6.05. The average Bonchev–Trinajstić information content (AvgIpc) is 2.78. The highest BCUT2D eigenvalue weighted by atomic mass is 35.5. The van der Waals surface area contributed by atoms with Gasteiger partial charge in [-0.1, -0.05) is 48.0 Å². The van der Waals surface area contributed by atoms with Gasteiger partial charge in [0.2, 0.25) is 6.54 Å². The summed E-state index contributed by atoms with van der Waals surface area (Å²) in [4.78, 5) is 11.0. The van der Waals surface area contributed by atoms with Gasteiger partial charge in [-0.25, -0.2) is 0 Å². The van der Waals surface area contributed by atoms with Crippen molar-refractivity contribution in [2.24, 2.45) is 7.05 Å². The van der Waals surface area contributed by atoms with Gasteiger partial charge in [-0.15, -0.1) is 0 Å². The summed E-state index contributed by atoms with van der Waals surface area (Å²) >= 11 is 6.33. The highest BCUT2D eigenvalue weighted by Crippen LogP contribution is 2.37. The van der Waals surface area contributed by atoms with E-state index in [0.29, 0.717) is 5.02 Å². The van der Waals surface area contributed by atoms with Crippen molar-refractivity contribution in [3.8, 4) is 0 Å². The molecule has 1 heterocycles. The quantitative estimate of drug-likeness (QED) is 0.521. The van der Waals surface area contributed by atoms with Crippen LogP contribution in [-0.4, -0.2) is 16.0 Å². The Morgan fingerprint density at radius 2 is 1.83 bits per heavy atom. The van der Waals surface area contributed by atoms with Crippen molar-refractivity contribution in [2.45, 2.75) is 12.8 Å². The lowest BCUT2D eigenvalue weighted by molar-refractivity contribution is -0.481. The van der Waals surface area contributed by atoms with Crippen molar-refractivity contribution in [2.75, 3.05) is 6.54 Å². The fourth-order valence-corrected chi connectivity index (χ4v) is 3.51. The zero-order valence-corrected chi connectivity index (χ0v) is 13.7. The molecule has 1 unspecified atom stereocenters. The van der Waals surface area contributed by atoms with Crippen molar-refractivity contribution < 1.29 is 4.92 Å². The number of aromatic nitrogens is 1. The molecule has 0 amide bonds. The maximum atomic E-state index is 11.3. The number of nitrogens with zero attached hydrogens (tertiary/aromatic N) is 2. The topological polar surface area (TPSA) is 48.1 Å². The van der Waals surface area contributed by atoms with Gasteiger partial charge < -0.3 is 4.57 Å². The number of halogens is 1. The first-order valence-electron chi connectivity index (χ1n) is 7.41. The standard InChI is InChI=1S/C18H17ClN2O2/c1-12-18(14-8-4-6-10-17(14)20(12)2)15(11-21(22)23)13-7-3-5-9-16(13)19/h3-10,15H,11H2,1-2H3. The Kier molecular flexibility index (Phi) is 4.09. The molecule has 4 nitrogen and oxygen atoms in total. The third-order valence-corrected chi connectivity index (χ3v) is 4.75. The summed E-state index contributed by atoms with van der Waals surface area (Å²) < 4.78 is 2.08. The van der Waals surface area contributed by atoms with Gasteiger partial charge >= 0.3 is 0 Å². The summed E-state index contributed by atoms with van der Waals surface area (Å²) in [6.45, 7) is 1.82. The zero-order chi connectivity index (χ0) is 16.6. The van der Waals surface area contributed by atoms with E-state index in [0.717, 1.165) is 27.7 Å². The first-order chi connectivity index (χ1) is 11.0. The Balaban J connectivity index is 2.28. The molecule has 3 aromatic rings. The maximum absolute atomic E-state index is 11.3. The summed E-state index contributed by atoms with van der Waals surface area (Å²) in [6.07, 6.45) is 0. The number of hydrogen-bond acceptors (Lipinski definition) is 2. The summed E-state index contributed by atoms with van der Waals surface area (Å²) in [7, 11) is 1.98. The van der Waals surface area contributed by atoms with E-state index >= 15 is 0 Å². The van der Waals surface area contributed by atoms with Crippen LogP contribution in [0.4, 0.5) is 0 Å². The van der Waals surface area contributed by atoms with Crippen LogP contribution in [0.1, 0.15) is 22.7 Å². The minimum atomic E-state index is -0.371. The van der Waals surface area contributed by atoms with E-state index < -0.39 is 0 Å². The zero-order valence-electron chi connectivity index (χ0n) is 13.0. The molecule has 0 radical (unpaired) electrons. The van der Waals surface area contributed by atoms with Crippen molar-refractivity contribution in [3.63, 3.8) is 0 Å². The summed E-state index contributed by atoms with van der Waals surface area (Å²) in [6, 6.07) is 15.3. The lowest BCUT2D eigenvalue weighted by Gasteiger charge is -2.16. The fraction of sp³-hybridized carbons (Fsp3) is 0.222. The molecule has 0 saturated heterocycles. The Bertz CT molecular complexity index is 886. The van der Waals surface area contributed by atoms with Crippen LogP contribution in [0.3, 0.4) is 0 Å². The lowest BCUT2D eigenvalue weighted by Crippen LogP contribution is -2.15. The Labute approximate surface area is 139 Å². The summed E-state index contributed by atoms with van der Waals surface area (Å²) in [5.74, 6) is -0.371. The molecule has 23 heavy (non-hydrogen) atoms. The van der Waals surface area contributed by atoms with E-state index in [4.69, 9.17) is 11.6 Å². The molecule has 0 saturated carbocycles. The number of rotatable bonds is 4. The largest absolute Gasteiger partial charge is 0.348 e. The van der Waals surface area contributed by atoms with Crippen LogP contribution in [0.5, 0.6) is 0 Å². The first kappa shape index (κ1) is 15.6. The molecular formula is C18H17ClN2O2. The van der Waals surface area contributed by atoms with Crippen LogP contribution in [0, 0.1) is 17.0 Å². The second-order valence-electron chi connectivity index (χ2n) is 5.66. The van der Waals surface area contributed by atoms with Crippen LogP contribution in [0.25, 0.3) is 10.9 Å². The highest BCUT2D eigenvalue weighted by molar-refractivity contribution is 6.31. The minimum Gasteiger partial charge on any atom is -0.348 e. The van der Waals surface area contributed by atoms with E-state index in [1.807, 2.05) is 56.4 Å². The molecule has 5 heteroatoms. The smallest absolute Gasteiger partial charge is 0.214 e. The monoisotopic (exact) mass is 328 g/mol. The van der Waals surface area contributed by atoms with Gasteiger partial charge in [-0.3, -0.25) is 10.1 Å². The van der Waals surface area contributed by atoms with Gasteiger partial charge in [0, 0.05) is 33.6 Å². The molecule has 1 atom stereocenters. The molecule has 0 fully saturated rings. The van der Waals surface area contributed by atoms with Gasteiger partial charge in [-0.05, 0) is 30.2 Å². The molecule has 0 aliphatic heterocycles. The number of para-hydroxylation sites is 1. The van der Waals surface area contributed by atoms with E-state index in [1.54, 1.807) is 6.07 Å². The van der Waals surface area contributed by atoms with Crippen molar-refractivity contribution in [3.05, 3.63) is 80.5 Å². The van der Waals surface area contributed by atoms with Crippen molar-refractivity contribution in [1.29, 1.82) is 0 Å². The van der Waals surface area contributed by atoms with Crippen LogP contribution in [0.2, 0.25) is 5.02 Å². The van der Waals surface area contributed by atoms with Crippen LogP contribution in [-0.2, 0) is 7.05 Å². The van der Waals surface area contributed by atoms with E-state index in [9.17, 15) is 10.1 Å². The van der Waals surface area contributed by atoms with Gasteiger partial charge in [-0.2, -0.15) is 0 Å². The number of hydrogen-bond donors (Lipinski definition) is 0. The van der Waals surface area contributed by atoms with E-state index in [-0.39, 0.29) is 17.4 Å². The molecule has 0 spiro atoms. The van der Waals surface area contributed by atoms with Crippen LogP contribution >= 0.6 is 11.6 Å². The minimum absolute atomic E-state index is 0.182. The fourth-order valence-electron chi connectivity index (χ4n) is 3.24. The predicted octanol–water partition coefficient (Wildman–Crippen LogP) is 4.55. The number of nitro groups is 1. The maximum Gasteiger partial charge on any atom is 0.214 e. The molecule has 2 aromatic carbocycles. The molecule has 0 aliphatic carbocycles. The molecule has 0 bridgehead atoms. The number of fused-ring (bicyclic) bond motifs is 1. The van der Waals surface area contributed by atoms with E-state index in [2.05, 4.69) is 4.57 Å². The molecule has 0 aliphatic rings. The third-order valence-electron chi connectivity index (χ3n) is 4.41. The number of aryl methyl sites for hydroxylation is 1. The van der Waals surface area contributed by atoms with Crippen molar-refractivity contribution in [1.82, 2.24) is 4.57 Å². The molecule has 3 rings (SSSR count). The van der Waals surface area contributed by atoms with E-state index in [1.165, 1.54) is 0 Å². The summed E-state index contributed by atoms with van der Waals surface area (Å²) in [5, 5.41) is 12.9. The van der Waals surface area contributed by atoms with Gasteiger partial charge in [0.1, 0.15) is 0 Å². The lowest BCUT2D eigenvalue weighted by atomic mass is 9.89. The van der Waals surface area contributed by atoms with Crippen LogP contribution in [0.15, 0.2) is 48.5 Å². The predicted molar refractivity (Wildman–Crippen MR) is 92.8 cm³/mol. The van der Waals surface area contributed by atoms with Crippen LogP contribution < -0.4 is 0 Å². The second-order valence-corrected chi connectivity index (χ2v) is 6.07. The molecule has 0 N–H and O–H groups in total. The van der Waals surface area contributed by atoms with Gasteiger partial charge in [0.15, 0.2) is 0 Å². The third kappa shape index (κ3) is 2.70. The SMILES string of the molecule is Cc1c(C(C[N+](=O)[O-])c2ccccc2Cl)c2ccccc2n1C.